The Bertz CT molecular complexity index is 594. The van der Waals surface area contributed by atoms with E-state index in [2.05, 4.69) is 16.7 Å². The van der Waals surface area contributed by atoms with E-state index in [0.29, 0.717) is 25.6 Å². The van der Waals surface area contributed by atoms with Gasteiger partial charge in [0.15, 0.2) is 0 Å². The molecule has 0 spiro atoms. The predicted molar refractivity (Wildman–Crippen MR) is 93.3 cm³/mol. The molecule has 0 aliphatic carbocycles. The highest BCUT2D eigenvalue weighted by Gasteiger charge is 2.29. The summed E-state index contributed by atoms with van der Waals surface area (Å²) >= 11 is 1.49. The summed E-state index contributed by atoms with van der Waals surface area (Å²) in [7, 11) is 0. The third-order valence-corrected chi connectivity index (χ3v) is 4.73. The second-order valence-corrected chi connectivity index (χ2v) is 7.27. The topological polar surface area (TPSA) is 85.2 Å². The Kier molecular flexibility index (Phi) is 6.62. The number of hydrogen-bond acceptors (Lipinski definition) is 4. The number of likely N-dealkylation sites (tertiary alicyclic amines) is 1. The molecule has 3 amide bonds. The lowest BCUT2D eigenvalue weighted by atomic mass is 9.96. The van der Waals surface area contributed by atoms with Gasteiger partial charge in [0.2, 0.25) is 5.91 Å². The number of nitrogens with zero attached hydrogens (tertiary/aromatic N) is 2. The van der Waals surface area contributed by atoms with E-state index in [9.17, 15) is 14.9 Å². The number of piperidine rings is 1. The average Bonchev–Trinajstić information content (AvgIpc) is 3.11. The van der Waals surface area contributed by atoms with E-state index in [1.807, 2.05) is 30.7 Å². The molecule has 1 saturated heterocycles. The molecule has 2 rings (SSSR count). The van der Waals surface area contributed by atoms with Crippen molar-refractivity contribution < 1.29 is 9.59 Å². The molecule has 7 heteroatoms. The molecule has 2 atom stereocenters. The van der Waals surface area contributed by atoms with E-state index in [1.165, 1.54) is 11.3 Å². The van der Waals surface area contributed by atoms with Gasteiger partial charge in [-0.05, 0) is 41.1 Å². The van der Waals surface area contributed by atoms with E-state index in [0.717, 1.165) is 18.4 Å². The Labute approximate surface area is 146 Å². The highest BCUT2D eigenvalue weighted by atomic mass is 32.1. The molecular weight excluding hydrogens is 324 g/mol. The van der Waals surface area contributed by atoms with Crippen LogP contribution in [0, 0.1) is 23.2 Å². The van der Waals surface area contributed by atoms with Gasteiger partial charge in [-0.15, -0.1) is 0 Å². The predicted octanol–water partition coefficient (Wildman–Crippen LogP) is 2.51. The first kappa shape index (κ1) is 18.3. The lowest BCUT2D eigenvalue weighted by Crippen LogP contribution is -2.49. The summed E-state index contributed by atoms with van der Waals surface area (Å²) in [6.45, 7) is 5.77. The van der Waals surface area contributed by atoms with Crippen molar-refractivity contribution in [3.63, 3.8) is 0 Å². The van der Waals surface area contributed by atoms with Gasteiger partial charge in [0.25, 0.3) is 0 Å². The number of nitriles is 1. The molecule has 6 nitrogen and oxygen atoms in total. The first-order valence-electron chi connectivity index (χ1n) is 8.26. The van der Waals surface area contributed by atoms with Crippen molar-refractivity contribution in [1.82, 2.24) is 15.5 Å². The minimum atomic E-state index is -0.631. The highest BCUT2D eigenvalue weighted by Crippen LogP contribution is 2.20. The fourth-order valence-corrected chi connectivity index (χ4v) is 3.35. The summed E-state index contributed by atoms with van der Waals surface area (Å²) in [6, 6.07) is 3.22. The summed E-state index contributed by atoms with van der Waals surface area (Å²) in [5.74, 6) is -0.0352. The maximum absolute atomic E-state index is 12.5. The van der Waals surface area contributed by atoms with Gasteiger partial charge in [-0.3, -0.25) is 4.79 Å². The monoisotopic (exact) mass is 348 g/mol. The van der Waals surface area contributed by atoms with Crippen molar-refractivity contribution in [3.8, 4) is 6.07 Å². The van der Waals surface area contributed by atoms with Crippen molar-refractivity contribution in [2.45, 2.75) is 32.7 Å². The Morgan fingerprint density at radius 3 is 2.92 bits per heavy atom. The molecule has 1 fully saturated rings. The fourth-order valence-electron chi connectivity index (χ4n) is 2.67. The Morgan fingerprint density at radius 2 is 2.29 bits per heavy atom. The molecule has 24 heavy (non-hydrogen) atoms. The number of urea groups is 1. The third-order valence-electron chi connectivity index (χ3n) is 4.03. The minimum absolute atomic E-state index is 0.115. The number of rotatable bonds is 5. The van der Waals surface area contributed by atoms with Gasteiger partial charge in [-0.25, -0.2) is 4.79 Å². The lowest BCUT2D eigenvalue weighted by Gasteiger charge is -2.32. The van der Waals surface area contributed by atoms with Crippen LogP contribution in [0.5, 0.6) is 0 Å². The third kappa shape index (κ3) is 4.96. The molecule has 1 aliphatic rings. The van der Waals surface area contributed by atoms with Crippen LogP contribution in [0.25, 0.3) is 0 Å². The second-order valence-electron chi connectivity index (χ2n) is 6.49. The number of carbonyl (C=O) groups excluding carboxylic acids is 2. The Hall–Kier alpha value is -2.07. The first-order valence-corrected chi connectivity index (χ1v) is 9.20. The molecule has 2 heterocycles. The highest BCUT2D eigenvalue weighted by molar-refractivity contribution is 7.08. The average molecular weight is 348 g/mol. The SMILES string of the molecule is CC(C)CNC(=O)N1CCC[C@H](C(=O)N[C@@H](C#N)c2ccsc2)C1. The molecule has 0 radical (unpaired) electrons. The van der Waals surface area contributed by atoms with Crippen LogP contribution in [-0.2, 0) is 4.79 Å². The van der Waals surface area contributed by atoms with Gasteiger partial charge in [0.05, 0.1) is 12.0 Å². The van der Waals surface area contributed by atoms with Crippen molar-refractivity contribution in [3.05, 3.63) is 22.4 Å². The van der Waals surface area contributed by atoms with E-state index in [1.54, 1.807) is 4.90 Å². The Morgan fingerprint density at radius 1 is 1.50 bits per heavy atom. The molecule has 1 aromatic rings. The number of nitrogens with one attached hydrogen (secondary N) is 2. The van der Waals surface area contributed by atoms with Gasteiger partial charge >= 0.3 is 6.03 Å². The summed E-state index contributed by atoms with van der Waals surface area (Å²) in [6.07, 6.45) is 1.53. The first-order chi connectivity index (χ1) is 11.5. The minimum Gasteiger partial charge on any atom is -0.338 e. The molecule has 130 valence electrons. The normalized spacial score (nSPS) is 18.8. The van der Waals surface area contributed by atoms with Crippen LogP contribution < -0.4 is 10.6 Å². The van der Waals surface area contributed by atoms with Crippen LogP contribution in [0.4, 0.5) is 4.79 Å². The van der Waals surface area contributed by atoms with Crippen LogP contribution in [0.1, 0.15) is 38.3 Å². The van der Waals surface area contributed by atoms with Crippen LogP contribution in [0.2, 0.25) is 0 Å². The van der Waals surface area contributed by atoms with Crippen LogP contribution in [0.15, 0.2) is 16.8 Å². The zero-order valence-electron chi connectivity index (χ0n) is 14.1. The van der Waals surface area contributed by atoms with Gasteiger partial charge in [0, 0.05) is 19.6 Å². The number of amides is 3. The van der Waals surface area contributed by atoms with Crippen LogP contribution in [0.3, 0.4) is 0 Å². The summed E-state index contributed by atoms with van der Waals surface area (Å²) in [5.41, 5.74) is 0.804. The van der Waals surface area contributed by atoms with Gasteiger partial charge in [-0.2, -0.15) is 16.6 Å². The molecule has 0 saturated carbocycles. The smallest absolute Gasteiger partial charge is 0.317 e. The van der Waals surface area contributed by atoms with Gasteiger partial charge < -0.3 is 15.5 Å². The van der Waals surface area contributed by atoms with E-state index < -0.39 is 6.04 Å². The van der Waals surface area contributed by atoms with E-state index in [-0.39, 0.29) is 17.9 Å². The quantitative estimate of drug-likeness (QED) is 0.857. The number of thiophene rings is 1. The lowest BCUT2D eigenvalue weighted by molar-refractivity contribution is -0.126. The van der Waals surface area contributed by atoms with Crippen molar-refractivity contribution in [1.29, 1.82) is 5.26 Å². The van der Waals surface area contributed by atoms with Crippen molar-refractivity contribution in [2.75, 3.05) is 19.6 Å². The standard InChI is InChI=1S/C17H24N4O2S/c1-12(2)9-19-17(23)21-6-3-4-13(10-21)16(22)20-15(8-18)14-5-7-24-11-14/h5,7,11-13,15H,3-4,6,9-10H2,1-2H3,(H,19,23)(H,20,22)/t13-,15-/m0/s1. The molecule has 0 aromatic carbocycles. The number of hydrogen-bond donors (Lipinski definition) is 2. The molecule has 1 aliphatic heterocycles. The zero-order chi connectivity index (χ0) is 17.5. The summed E-state index contributed by atoms with van der Waals surface area (Å²) in [5, 5.41) is 18.7. The van der Waals surface area contributed by atoms with Crippen molar-refractivity contribution >= 4 is 23.3 Å². The summed E-state index contributed by atoms with van der Waals surface area (Å²) < 4.78 is 0. The van der Waals surface area contributed by atoms with Crippen molar-refractivity contribution in [2.24, 2.45) is 11.8 Å². The molecule has 0 bridgehead atoms. The largest absolute Gasteiger partial charge is 0.338 e. The molecule has 1 aromatic heterocycles. The number of carbonyl (C=O) groups is 2. The molecule has 0 unspecified atom stereocenters. The van der Waals surface area contributed by atoms with Gasteiger partial charge in [-0.1, -0.05) is 13.8 Å². The fraction of sp³-hybridized carbons (Fsp3) is 0.588. The molecule has 2 N–H and O–H groups in total. The molecular formula is C17H24N4O2S. The maximum atomic E-state index is 12.5. The Balaban J connectivity index is 1.90. The van der Waals surface area contributed by atoms with E-state index in [4.69, 9.17) is 0 Å². The zero-order valence-corrected chi connectivity index (χ0v) is 14.9. The maximum Gasteiger partial charge on any atom is 0.317 e. The van der Waals surface area contributed by atoms with Crippen LogP contribution >= 0.6 is 11.3 Å². The van der Waals surface area contributed by atoms with Gasteiger partial charge in [0.1, 0.15) is 6.04 Å². The van der Waals surface area contributed by atoms with Crippen LogP contribution in [-0.4, -0.2) is 36.5 Å². The second kappa shape index (κ2) is 8.69. The van der Waals surface area contributed by atoms with E-state index >= 15 is 0 Å². The summed E-state index contributed by atoms with van der Waals surface area (Å²) in [4.78, 5) is 26.3.